The Balaban J connectivity index is 1.87. The molecule has 3 aromatic rings. The Hall–Kier alpha value is -1.25. The van der Waals surface area contributed by atoms with Crippen LogP contribution in [0, 0.1) is 0 Å². The normalized spacial score (nSPS) is 13.2. The zero-order valence-corrected chi connectivity index (χ0v) is 17.1. The molecule has 0 saturated heterocycles. The number of hydrogen-bond donors (Lipinski definition) is 0. The zero-order valence-electron chi connectivity index (χ0n) is 13.9. The molecule has 1 atom stereocenters. The lowest BCUT2D eigenvalue weighted by Crippen LogP contribution is -2.12. The number of aromatic nitrogens is 5. The van der Waals surface area contributed by atoms with E-state index < -0.39 is 0 Å². The number of benzene rings is 1. The van der Waals surface area contributed by atoms with Crippen LogP contribution in [-0.4, -0.2) is 25.2 Å². The van der Waals surface area contributed by atoms with E-state index in [1.807, 2.05) is 22.9 Å². The number of halogens is 1. The summed E-state index contributed by atoms with van der Waals surface area (Å²) in [4.78, 5) is 4.75. The van der Waals surface area contributed by atoms with Gasteiger partial charge < -0.3 is 0 Å². The summed E-state index contributed by atoms with van der Waals surface area (Å²) in [6.45, 7) is 8.56. The molecule has 5 nitrogen and oxygen atoms in total. The second-order valence-electron chi connectivity index (χ2n) is 6.45. The van der Waals surface area contributed by atoms with E-state index in [9.17, 15) is 0 Å². The molecule has 1 aromatic carbocycles. The molecule has 0 N–H and O–H groups in total. The van der Waals surface area contributed by atoms with Crippen molar-refractivity contribution < 1.29 is 0 Å². The Morgan fingerprint density at radius 2 is 1.92 bits per heavy atom. The van der Waals surface area contributed by atoms with Crippen LogP contribution in [0.25, 0.3) is 0 Å². The third-order valence-corrected chi connectivity index (χ3v) is 6.28. The van der Waals surface area contributed by atoms with E-state index in [1.165, 1.54) is 17.3 Å². The maximum atomic E-state index is 4.75. The fraction of sp³-hybridized carbons (Fsp3) is 0.375. The predicted molar refractivity (Wildman–Crippen MR) is 101 cm³/mol. The molecule has 0 amide bonds. The molecule has 3 rings (SSSR count). The first kappa shape index (κ1) is 17.6. The van der Waals surface area contributed by atoms with Crippen LogP contribution in [0.3, 0.4) is 0 Å². The Kier molecular flexibility index (Phi) is 5.08. The second-order valence-corrected chi connectivity index (χ2v) is 9.98. The molecule has 0 radical (unpaired) electrons. The smallest absolute Gasteiger partial charge is 0.216 e. The number of rotatable bonds is 4. The van der Waals surface area contributed by atoms with Crippen molar-refractivity contribution in [2.24, 2.45) is 0 Å². The lowest BCUT2D eigenvalue weighted by molar-refractivity contribution is 0.504. The summed E-state index contributed by atoms with van der Waals surface area (Å²) in [6, 6.07) is 10.3. The summed E-state index contributed by atoms with van der Waals surface area (Å²) in [7, 11) is 0. The Morgan fingerprint density at radius 1 is 1.21 bits per heavy atom. The molecular formula is C16H18BrN5S2. The van der Waals surface area contributed by atoms with Crippen molar-refractivity contribution in [2.45, 2.75) is 48.6 Å². The highest BCUT2D eigenvalue weighted by molar-refractivity contribution is 9.11. The molecule has 2 heterocycles. The van der Waals surface area contributed by atoms with Gasteiger partial charge in [0.25, 0.3) is 0 Å². The second kappa shape index (κ2) is 6.93. The molecule has 24 heavy (non-hydrogen) atoms. The van der Waals surface area contributed by atoms with Crippen LogP contribution in [-0.2, 0) is 5.41 Å². The van der Waals surface area contributed by atoms with Gasteiger partial charge in [-0.1, -0.05) is 62.4 Å². The van der Waals surface area contributed by atoms with Gasteiger partial charge in [0, 0.05) is 5.41 Å². The van der Waals surface area contributed by atoms with Crippen molar-refractivity contribution in [1.29, 1.82) is 0 Å². The summed E-state index contributed by atoms with van der Waals surface area (Å²) in [5.74, 6) is 0. The topological polar surface area (TPSA) is 56.5 Å². The maximum absolute atomic E-state index is 4.75. The molecule has 2 aromatic heterocycles. The SMILES string of the molecule is CC(c1ccccc1)n1nnnc1Sc1nc(C(C)(C)C)c(Br)s1. The van der Waals surface area contributed by atoms with Crippen LogP contribution in [0.1, 0.15) is 45.0 Å². The van der Waals surface area contributed by atoms with E-state index in [1.54, 1.807) is 11.3 Å². The highest BCUT2D eigenvalue weighted by atomic mass is 79.9. The van der Waals surface area contributed by atoms with E-state index in [0.29, 0.717) is 0 Å². The quantitative estimate of drug-likeness (QED) is 0.593. The van der Waals surface area contributed by atoms with Crippen molar-refractivity contribution in [1.82, 2.24) is 25.2 Å². The number of nitrogens with zero attached hydrogens (tertiary/aromatic N) is 5. The van der Waals surface area contributed by atoms with Gasteiger partial charge in [0.1, 0.15) is 0 Å². The van der Waals surface area contributed by atoms with Crippen LogP contribution >= 0.6 is 39.0 Å². The van der Waals surface area contributed by atoms with Crippen molar-refractivity contribution >= 4 is 39.0 Å². The number of thiazole rings is 1. The van der Waals surface area contributed by atoms with Crippen LogP contribution in [0.5, 0.6) is 0 Å². The highest BCUT2D eigenvalue weighted by Crippen LogP contribution is 2.39. The molecular weight excluding hydrogens is 406 g/mol. The summed E-state index contributed by atoms with van der Waals surface area (Å²) in [6.07, 6.45) is 0. The minimum Gasteiger partial charge on any atom is -0.232 e. The molecule has 0 aliphatic heterocycles. The average molecular weight is 424 g/mol. The minimum atomic E-state index is -0.00258. The van der Waals surface area contributed by atoms with Gasteiger partial charge >= 0.3 is 0 Å². The van der Waals surface area contributed by atoms with Crippen molar-refractivity contribution in [3.05, 3.63) is 45.4 Å². The monoisotopic (exact) mass is 423 g/mol. The standard InChI is InChI=1S/C16H18BrN5S2/c1-10(11-8-6-5-7-9-11)22-14(19-20-21-22)24-15-18-12(13(17)23-15)16(2,3)4/h5-10H,1-4H3. The molecule has 0 aliphatic carbocycles. The zero-order chi connectivity index (χ0) is 17.3. The van der Waals surface area contributed by atoms with Gasteiger partial charge in [-0.2, -0.15) is 0 Å². The molecule has 8 heteroatoms. The average Bonchev–Trinajstić information content (AvgIpc) is 3.14. The lowest BCUT2D eigenvalue weighted by Gasteiger charge is -2.15. The van der Waals surface area contributed by atoms with Gasteiger partial charge in [-0.3, -0.25) is 0 Å². The molecule has 1 unspecified atom stereocenters. The largest absolute Gasteiger partial charge is 0.232 e. The fourth-order valence-electron chi connectivity index (χ4n) is 2.24. The first-order valence-electron chi connectivity index (χ1n) is 7.53. The van der Waals surface area contributed by atoms with E-state index in [0.717, 1.165) is 19.0 Å². The third-order valence-electron chi connectivity index (χ3n) is 3.57. The predicted octanol–water partition coefficient (Wildman–Crippen LogP) is 4.95. The molecule has 0 spiro atoms. The summed E-state index contributed by atoms with van der Waals surface area (Å²) >= 11 is 6.74. The van der Waals surface area contributed by atoms with Crippen LogP contribution < -0.4 is 0 Å². The van der Waals surface area contributed by atoms with Crippen LogP contribution in [0.2, 0.25) is 0 Å². The Labute approximate surface area is 158 Å². The minimum absolute atomic E-state index is 0.00258. The van der Waals surface area contributed by atoms with Gasteiger partial charge in [-0.15, -0.1) is 5.10 Å². The molecule has 0 fully saturated rings. The molecule has 0 bridgehead atoms. The Bertz CT molecular complexity index is 823. The number of hydrogen-bond acceptors (Lipinski definition) is 6. The molecule has 0 aliphatic rings. The van der Waals surface area contributed by atoms with Gasteiger partial charge in [-0.25, -0.2) is 9.67 Å². The highest BCUT2D eigenvalue weighted by Gasteiger charge is 2.24. The third kappa shape index (κ3) is 3.70. The van der Waals surface area contributed by atoms with Gasteiger partial charge in [0.15, 0.2) is 4.34 Å². The first-order chi connectivity index (χ1) is 11.4. The van der Waals surface area contributed by atoms with E-state index in [4.69, 9.17) is 4.98 Å². The summed E-state index contributed by atoms with van der Waals surface area (Å²) in [5.41, 5.74) is 2.23. The van der Waals surface area contributed by atoms with E-state index in [-0.39, 0.29) is 11.5 Å². The van der Waals surface area contributed by atoms with Crippen molar-refractivity contribution in [3.8, 4) is 0 Å². The molecule has 126 valence electrons. The van der Waals surface area contributed by atoms with Crippen molar-refractivity contribution in [3.63, 3.8) is 0 Å². The lowest BCUT2D eigenvalue weighted by atomic mass is 9.93. The summed E-state index contributed by atoms with van der Waals surface area (Å²) < 4.78 is 3.84. The maximum Gasteiger partial charge on any atom is 0.216 e. The van der Waals surface area contributed by atoms with E-state index in [2.05, 4.69) is 71.3 Å². The van der Waals surface area contributed by atoms with E-state index >= 15 is 0 Å². The van der Waals surface area contributed by atoms with Gasteiger partial charge in [-0.05, 0) is 50.6 Å². The van der Waals surface area contributed by atoms with Crippen LogP contribution in [0.15, 0.2) is 43.6 Å². The van der Waals surface area contributed by atoms with Crippen LogP contribution in [0.4, 0.5) is 0 Å². The molecule has 0 saturated carbocycles. The first-order valence-corrected chi connectivity index (χ1v) is 9.96. The van der Waals surface area contributed by atoms with Gasteiger partial charge in [0.05, 0.1) is 15.5 Å². The van der Waals surface area contributed by atoms with Gasteiger partial charge in [0.2, 0.25) is 5.16 Å². The summed E-state index contributed by atoms with van der Waals surface area (Å²) in [5, 5.41) is 12.9. The Morgan fingerprint density at radius 3 is 2.54 bits per heavy atom. The fourth-order valence-corrected chi connectivity index (χ4v) is 5.74. The van der Waals surface area contributed by atoms with Crippen molar-refractivity contribution in [2.75, 3.05) is 0 Å². The number of tetrazole rings is 1.